The minimum atomic E-state index is 0.763. The molecule has 0 nitrogen and oxygen atoms in total. The molecular formula is C21H37P. The summed E-state index contributed by atoms with van der Waals surface area (Å²) in [7, 11) is 3.23. The van der Waals surface area contributed by atoms with E-state index < -0.39 is 0 Å². The van der Waals surface area contributed by atoms with E-state index in [-0.39, 0.29) is 0 Å². The van der Waals surface area contributed by atoms with Crippen LogP contribution in [-0.4, -0.2) is 5.66 Å². The third-order valence-electron chi connectivity index (χ3n) is 6.73. The molecule has 0 bridgehead atoms. The van der Waals surface area contributed by atoms with Gasteiger partial charge in [-0.3, -0.25) is 0 Å². The molecule has 2 atom stereocenters. The van der Waals surface area contributed by atoms with Crippen molar-refractivity contribution in [3.63, 3.8) is 0 Å². The minimum Gasteiger partial charge on any atom is -0.130 e. The second kappa shape index (κ2) is 8.86. The molecule has 3 fully saturated rings. The lowest BCUT2D eigenvalue weighted by atomic mass is 9.72. The lowest BCUT2D eigenvalue weighted by molar-refractivity contribution is 0.320. The second-order valence-corrected chi connectivity index (χ2v) is 9.08. The first-order valence-electron chi connectivity index (χ1n) is 10.3. The molecule has 0 N–H and O–H groups in total. The predicted molar refractivity (Wildman–Crippen MR) is 101 cm³/mol. The van der Waals surface area contributed by atoms with Gasteiger partial charge in [-0.05, 0) is 61.9 Å². The van der Waals surface area contributed by atoms with E-state index in [1.807, 2.05) is 5.57 Å². The highest BCUT2D eigenvalue weighted by Crippen LogP contribution is 2.41. The summed E-state index contributed by atoms with van der Waals surface area (Å²) in [5, 5.41) is 0. The van der Waals surface area contributed by atoms with E-state index in [0.717, 1.165) is 23.4 Å². The molecule has 0 spiro atoms. The van der Waals surface area contributed by atoms with Gasteiger partial charge in [-0.2, -0.15) is 0 Å². The van der Waals surface area contributed by atoms with Gasteiger partial charge in [-0.25, -0.2) is 0 Å². The van der Waals surface area contributed by atoms with Gasteiger partial charge in [-0.1, -0.05) is 69.4 Å². The summed E-state index contributed by atoms with van der Waals surface area (Å²) in [4.78, 5) is 0. The molecule has 3 aliphatic rings. The van der Waals surface area contributed by atoms with Crippen molar-refractivity contribution in [2.24, 2.45) is 17.8 Å². The SMILES string of the molecule is PC(C=C(C1CCCCC1)C1CCCCC1)C1CCCCC1. The summed E-state index contributed by atoms with van der Waals surface area (Å²) < 4.78 is 0. The Balaban J connectivity index is 1.71. The fourth-order valence-electron chi connectivity index (χ4n) is 5.35. The molecule has 3 rings (SSSR count). The Bertz CT molecular complexity index is 321. The maximum atomic E-state index is 3.23. The van der Waals surface area contributed by atoms with Crippen LogP contribution in [0.25, 0.3) is 0 Å². The van der Waals surface area contributed by atoms with E-state index in [9.17, 15) is 0 Å². The zero-order chi connectivity index (χ0) is 15.2. The highest BCUT2D eigenvalue weighted by molar-refractivity contribution is 7.18. The molecular weight excluding hydrogens is 283 g/mol. The standard InChI is InChI=1S/C21H37P/c22-21(19-14-8-3-9-15-19)16-20(17-10-4-1-5-11-17)18-12-6-2-7-13-18/h16-19,21H,1-15,22H2. The Morgan fingerprint density at radius 3 is 1.50 bits per heavy atom. The number of allylic oxidation sites excluding steroid dienone is 2. The van der Waals surface area contributed by atoms with Gasteiger partial charge in [0, 0.05) is 0 Å². The largest absolute Gasteiger partial charge is 0.130 e. The molecule has 0 amide bonds. The van der Waals surface area contributed by atoms with Crippen molar-refractivity contribution in [1.29, 1.82) is 0 Å². The molecule has 0 radical (unpaired) electrons. The summed E-state index contributed by atoms with van der Waals surface area (Å²) >= 11 is 0. The van der Waals surface area contributed by atoms with Gasteiger partial charge >= 0.3 is 0 Å². The number of hydrogen-bond acceptors (Lipinski definition) is 0. The third kappa shape index (κ3) is 4.59. The van der Waals surface area contributed by atoms with Crippen molar-refractivity contribution in [3.8, 4) is 0 Å². The van der Waals surface area contributed by atoms with Gasteiger partial charge in [0.25, 0.3) is 0 Å². The van der Waals surface area contributed by atoms with Crippen LogP contribution in [0.3, 0.4) is 0 Å². The van der Waals surface area contributed by atoms with Gasteiger partial charge in [0.2, 0.25) is 0 Å². The molecule has 0 saturated heterocycles. The molecule has 3 saturated carbocycles. The van der Waals surface area contributed by atoms with E-state index in [0.29, 0.717) is 0 Å². The lowest BCUT2D eigenvalue weighted by Gasteiger charge is -2.34. The van der Waals surface area contributed by atoms with Crippen LogP contribution in [0.1, 0.15) is 96.3 Å². The Morgan fingerprint density at radius 2 is 1.05 bits per heavy atom. The van der Waals surface area contributed by atoms with Crippen LogP contribution in [0.15, 0.2) is 11.6 Å². The average Bonchev–Trinajstić information content (AvgIpc) is 2.62. The Morgan fingerprint density at radius 1 is 0.636 bits per heavy atom. The first-order valence-corrected chi connectivity index (χ1v) is 11.0. The highest BCUT2D eigenvalue weighted by Gasteiger charge is 2.28. The second-order valence-electron chi connectivity index (χ2n) is 8.31. The van der Waals surface area contributed by atoms with Crippen LogP contribution < -0.4 is 0 Å². The van der Waals surface area contributed by atoms with Crippen molar-refractivity contribution in [3.05, 3.63) is 11.6 Å². The molecule has 1 heteroatoms. The first kappa shape index (κ1) is 17.0. The van der Waals surface area contributed by atoms with Crippen LogP contribution >= 0.6 is 9.24 Å². The number of hydrogen-bond donors (Lipinski definition) is 0. The highest BCUT2D eigenvalue weighted by atomic mass is 31.0. The maximum Gasteiger partial charge on any atom is -0.00546 e. The predicted octanol–water partition coefficient (Wildman–Crippen LogP) is 6.90. The molecule has 22 heavy (non-hydrogen) atoms. The van der Waals surface area contributed by atoms with Gasteiger partial charge in [0.05, 0.1) is 0 Å². The van der Waals surface area contributed by atoms with Crippen LogP contribution in [0, 0.1) is 17.8 Å². The Kier molecular flexibility index (Phi) is 6.85. The van der Waals surface area contributed by atoms with E-state index in [4.69, 9.17) is 0 Å². The molecule has 2 unspecified atom stereocenters. The van der Waals surface area contributed by atoms with Crippen LogP contribution in [0.5, 0.6) is 0 Å². The zero-order valence-electron chi connectivity index (χ0n) is 14.6. The summed E-state index contributed by atoms with van der Waals surface area (Å²) in [6.07, 6.45) is 25.1. The van der Waals surface area contributed by atoms with E-state index in [1.165, 1.54) is 96.3 Å². The van der Waals surface area contributed by atoms with Crippen molar-refractivity contribution in [1.82, 2.24) is 0 Å². The summed E-state index contributed by atoms with van der Waals surface area (Å²) in [5.74, 6) is 2.85. The van der Waals surface area contributed by atoms with Crippen LogP contribution in [-0.2, 0) is 0 Å². The monoisotopic (exact) mass is 320 g/mol. The zero-order valence-corrected chi connectivity index (χ0v) is 15.7. The van der Waals surface area contributed by atoms with Gasteiger partial charge in [0.1, 0.15) is 0 Å². The first-order chi connectivity index (χ1) is 10.8. The summed E-state index contributed by atoms with van der Waals surface area (Å²) in [5.41, 5.74) is 2.68. The van der Waals surface area contributed by atoms with E-state index in [2.05, 4.69) is 15.3 Å². The summed E-state index contributed by atoms with van der Waals surface area (Å²) in [6.45, 7) is 0. The van der Waals surface area contributed by atoms with Crippen molar-refractivity contribution in [2.75, 3.05) is 0 Å². The van der Waals surface area contributed by atoms with Gasteiger partial charge in [-0.15, -0.1) is 9.24 Å². The fourth-order valence-corrected chi connectivity index (χ4v) is 5.96. The quantitative estimate of drug-likeness (QED) is 0.390. The topological polar surface area (TPSA) is 0 Å². The lowest BCUT2D eigenvalue weighted by Crippen LogP contribution is -2.22. The minimum absolute atomic E-state index is 0.763. The van der Waals surface area contributed by atoms with Gasteiger partial charge in [0.15, 0.2) is 0 Å². The summed E-state index contributed by atoms with van der Waals surface area (Å²) in [6, 6.07) is 0. The smallest absolute Gasteiger partial charge is 0.00546 e. The van der Waals surface area contributed by atoms with Crippen LogP contribution in [0.4, 0.5) is 0 Å². The average molecular weight is 321 g/mol. The maximum absolute atomic E-state index is 3.23. The Labute approximate surface area is 141 Å². The van der Waals surface area contributed by atoms with Crippen LogP contribution in [0.2, 0.25) is 0 Å². The Hall–Kier alpha value is 0.170. The molecule has 126 valence electrons. The molecule has 0 aliphatic heterocycles. The van der Waals surface area contributed by atoms with Crippen molar-refractivity contribution in [2.45, 2.75) is 102 Å². The molecule has 0 aromatic rings. The van der Waals surface area contributed by atoms with E-state index >= 15 is 0 Å². The van der Waals surface area contributed by atoms with Crippen molar-refractivity contribution >= 4 is 9.24 Å². The normalized spacial score (nSPS) is 27.5. The van der Waals surface area contributed by atoms with Crippen molar-refractivity contribution < 1.29 is 0 Å². The molecule has 0 aromatic heterocycles. The molecule has 3 aliphatic carbocycles. The van der Waals surface area contributed by atoms with E-state index in [1.54, 1.807) is 0 Å². The van der Waals surface area contributed by atoms with Gasteiger partial charge < -0.3 is 0 Å². The fraction of sp³-hybridized carbons (Fsp3) is 0.905. The molecule has 0 aromatic carbocycles. The molecule has 0 heterocycles. The number of rotatable bonds is 4. The third-order valence-corrected chi connectivity index (χ3v) is 7.47.